The standard InChI is InChI=1S/C14H17F2NO3/c15-13(16)8-20-6-5-12(18)10-1-3-11-9(7-10)2-4-14(19)17-11/h1,3,7,12-13,18H,2,4-6,8H2,(H,17,19). The highest BCUT2D eigenvalue weighted by atomic mass is 19.3. The molecule has 6 heteroatoms. The Balaban J connectivity index is 1.90. The number of benzene rings is 1. The number of halogens is 2. The van der Waals surface area contributed by atoms with Crippen LogP contribution in [0.3, 0.4) is 0 Å². The predicted molar refractivity (Wildman–Crippen MR) is 69.8 cm³/mol. The van der Waals surface area contributed by atoms with E-state index in [2.05, 4.69) is 5.32 Å². The van der Waals surface area contributed by atoms with Crippen molar-refractivity contribution < 1.29 is 23.4 Å². The SMILES string of the molecule is O=C1CCc2cc(C(O)CCOCC(F)F)ccc2N1. The molecule has 0 aromatic heterocycles. The van der Waals surface area contributed by atoms with Crippen molar-refractivity contribution in [1.82, 2.24) is 0 Å². The first-order valence-corrected chi connectivity index (χ1v) is 6.53. The lowest BCUT2D eigenvalue weighted by molar-refractivity contribution is -0.116. The van der Waals surface area contributed by atoms with E-state index in [9.17, 15) is 18.7 Å². The van der Waals surface area contributed by atoms with Crippen molar-refractivity contribution in [2.24, 2.45) is 0 Å². The van der Waals surface area contributed by atoms with Crippen LogP contribution < -0.4 is 5.32 Å². The third-order valence-corrected chi connectivity index (χ3v) is 3.19. The highest BCUT2D eigenvalue weighted by molar-refractivity contribution is 5.93. The number of carbonyl (C=O) groups is 1. The van der Waals surface area contributed by atoms with Gasteiger partial charge >= 0.3 is 0 Å². The van der Waals surface area contributed by atoms with E-state index in [0.29, 0.717) is 18.4 Å². The molecule has 1 aliphatic rings. The summed E-state index contributed by atoms with van der Waals surface area (Å²) in [6.45, 7) is -0.526. The fourth-order valence-corrected chi connectivity index (χ4v) is 2.14. The number of hydrogen-bond donors (Lipinski definition) is 2. The minimum atomic E-state index is -2.49. The second-order valence-electron chi connectivity index (χ2n) is 4.74. The second kappa shape index (κ2) is 6.76. The largest absolute Gasteiger partial charge is 0.388 e. The molecule has 0 saturated heterocycles. The number of aliphatic hydroxyl groups is 1. The fourth-order valence-electron chi connectivity index (χ4n) is 2.14. The minimum absolute atomic E-state index is 0.00815. The quantitative estimate of drug-likeness (QED) is 0.788. The summed E-state index contributed by atoms with van der Waals surface area (Å²) >= 11 is 0. The Bertz CT molecular complexity index is 479. The van der Waals surface area contributed by atoms with Gasteiger partial charge in [-0.15, -0.1) is 0 Å². The number of anilines is 1. The summed E-state index contributed by atoms with van der Waals surface area (Å²) in [5, 5.41) is 12.7. The zero-order chi connectivity index (χ0) is 14.5. The molecule has 0 radical (unpaired) electrons. The van der Waals surface area contributed by atoms with Gasteiger partial charge in [0.05, 0.1) is 6.10 Å². The number of aliphatic hydroxyl groups excluding tert-OH is 1. The zero-order valence-corrected chi connectivity index (χ0v) is 10.9. The van der Waals surface area contributed by atoms with Crippen LogP contribution >= 0.6 is 0 Å². The Hall–Kier alpha value is -1.53. The molecule has 0 aliphatic carbocycles. The summed E-state index contributed by atoms with van der Waals surface area (Å²) in [5.74, 6) is -0.00815. The molecular weight excluding hydrogens is 268 g/mol. The van der Waals surface area contributed by atoms with Crippen molar-refractivity contribution in [3.05, 3.63) is 29.3 Å². The Labute approximate surface area is 115 Å². The van der Waals surface area contributed by atoms with Crippen molar-refractivity contribution in [3.8, 4) is 0 Å². The lowest BCUT2D eigenvalue weighted by Gasteiger charge is -2.19. The van der Waals surface area contributed by atoms with Crippen LogP contribution in [0.4, 0.5) is 14.5 Å². The molecule has 1 aromatic carbocycles. The maximum atomic E-state index is 11.9. The Morgan fingerprint density at radius 2 is 2.15 bits per heavy atom. The van der Waals surface area contributed by atoms with Gasteiger partial charge in [0.15, 0.2) is 0 Å². The van der Waals surface area contributed by atoms with E-state index in [-0.39, 0.29) is 18.9 Å². The maximum Gasteiger partial charge on any atom is 0.261 e. The van der Waals surface area contributed by atoms with Crippen LogP contribution in [-0.4, -0.2) is 30.7 Å². The van der Waals surface area contributed by atoms with Crippen LogP contribution in [0.1, 0.15) is 30.1 Å². The van der Waals surface area contributed by atoms with Crippen molar-refractivity contribution >= 4 is 11.6 Å². The average Bonchev–Trinajstić information content (AvgIpc) is 2.42. The second-order valence-corrected chi connectivity index (χ2v) is 4.74. The molecule has 20 heavy (non-hydrogen) atoms. The van der Waals surface area contributed by atoms with Gasteiger partial charge in [0.1, 0.15) is 6.61 Å². The molecule has 1 atom stereocenters. The van der Waals surface area contributed by atoms with E-state index >= 15 is 0 Å². The van der Waals surface area contributed by atoms with Gasteiger partial charge in [-0.05, 0) is 23.6 Å². The fraction of sp³-hybridized carbons (Fsp3) is 0.500. The van der Waals surface area contributed by atoms with Crippen molar-refractivity contribution in [3.63, 3.8) is 0 Å². The van der Waals surface area contributed by atoms with Crippen LogP contribution in [0, 0.1) is 0 Å². The van der Waals surface area contributed by atoms with E-state index in [0.717, 1.165) is 11.3 Å². The molecule has 1 heterocycles. The normalized spacial score (nSPS) is 15.9. The van der Waals surface area contributed by atoms with E-state index in [4.69, 9.17) is 4.74 Å². The van der Waals surface area contributed by atoms with Gasteiger partial charge in [0.2, 0.25) is 5.91 Å². The molecular formula is C14H17F2NO3. The number of carbonyl (C=O) groups excluding carboxylic acids is 1. The van der Waals surface area contributed by atoms with Crippen LogP contribution in [0.15, 0.2) is 18.2 Å². The Morgan fingerprint density at radius 3 is 2.90 bits per heavy atom. The third kappa shape index (κ3) is 3.98. The number of ether oxygens (including phenoxy) is 1. The van der Waals surface area contributed by atoms with Crippen LogP contribution in [0.5, 0.6) is 0 Å². The third-order valence-electron chi connectivity index (χ3n) is 3.19. The van der Waals surface area contributed by atoms with Crippen molar-refractivity contribution in [2.45, 2.75) is 31.8 Å². The van der Waals surface area contributed by atoms with Crippen LogP contribution in [-0.2, 0) is 16.0 Å². The predicted octanol–water partition coefficient (Wildman–Crippen LogP) is 2.28. The number of amides is 1. The van der Waals surface area contributed by atoms with E-state index in [1.54, 1.807) is 12.1 Å². The first-order chi connectivity index (χ1) is 9.56. The average molecular weight is 285 g/mol. The summed E-state index contributed by atoms with van der Waals surface area (Å²) in [7, 11) is 0. The first kappa shape index (κ1) is 14.9. The molecule has 1 unspecified atom stereocenters. The van der Waals surface area contributed by atoms with Gasteiger partial charge in [-0.2, -0.15) is 0 Å². The number of fused-ring (bicyclic) bond motifs is 1. The van der Waals surface area contributed by atoms with Crippen LogP contribution in [0.25, 0.3) is 0 Å². The molecule has 0 bridgehead atoms. The summed E-state index contributed by atoms with van der Waals surface area (Å²) < 4.78 is 28.5. The molecule has 1 aromatic rings. The first-order valence-electron chi connectivity index (χ1n) is 6.53. The van der Waals surface area contributed by atoms with Gasteiger partial charge in [-0.1, -0.05) is 12.1 Å². The van der Waals surface area contributed by atoms with Gasteiger partial charge in [0.25, 0.3) is 6.43 Å². The summed E-state index contributed by atoms with van der Waals surface area (Å²) in [5.41, 5.74) is 2.46. The maximum absolute atomic E-state index is 11.9. The van der Waals surface area contributed by atoms with E-state index < -0.39 is 19.1 Å². The molecule has 0 saturated carbocycles. The number of hydrogen-bond acceptors (Lipinski definition) is 3. The topological polar surface area (TPSA) is 58.6 Å². The van der Waals surface area contributed by atoms with E-state index in [1.165, 1.54) is 0 Å². The molecule has 0 fully saturated rings. The number of aryl methyl sites for hydroxylation is 1. The Morgan fingerprint density at radius 1 is 1.35 bits per heavy atom. The van der Waals surface area contributed by atoms with Gasteiger partial charge in [-0.25, -0.2) is 8.78 Å². The molecule has 110 valence electrons. The number of nitrogens with one attached hydrogen (secondary N) is 1. The van der Waals surface area contributed by atoms with Gasteiger partial charge in [-0.3, -0.25) is 4.79 Å². The highest BCUT2D eigenvalue weighted by Gasteiger charge is 2.17. The van der Waals surface area contributed by atoms with Crippen molar-refractivity contribution in [2.75, 3.05) is 18.5 Å². The zero-order valence-electron chi connectivity index (χ0n) is 10.9. The molecule has 1 aliphatic heterocycles. The van der Waals surface area contributed by atoms with Gasteiger partial charge < -0.3 is 15.2 Å². The summed E-state index contributed by atoms with van der Waals surface area (Å²) in [6, 6.07) is 5.32. The smallest absolute Gasteiger partial charge is 0.261 e. The molecule has 2 rings (SSSR count). The van der Waals surface area contributed by atoms with Crippen LogP contribution in [0.2, 0.25) is 0 Å². The highest BCUT2D eigenvalue weighted by Crippen LogP contribution is 2.27. The Kier molecular flexibility index (Phi) is 5.03. The monoisotopic (exact) mass is 285 g/mol. The number of rotatable bonds is 6. The number of alkyl halides is 2. The summed E-state index contributed by atoms with van der Waals surface area (Å²) in [4.78, 5) is 11.2. The van der Waals surface area contributed by atoms with E-state index in [1.807, 2.05) is 6.07 Å². The molecule has 1 amide bonds. The molecule has 4 nitrogen and oxygen atoms in total. The molecule has 0 spiro atoms. The van der Waals surface area contributed by atoms with Crippen molar-refractivity contribution in [1.29, 1.82) is 0 Å². The lowest BCUT2D eigenvalue weighted by Crippen LogP contribution is -2.19. The summed E-state index contributed by atoms with van der Waals surface area (Å²) in [6.07, 6.45) is -1.90. The lowest BCUT2D eigenvalue weighted by atomic mass is 9.97. The molecule has 2 N–H and O–H groups in total. The minimum Gasteiger partial charge on any atom is -0.388 e. The van der Waals surface area contributed by atoms with Gasteiger partial charge in [0, 0.05) is 25.1 Å².